The molecule has 0 fully saturated rings. The Labute approximate surface area is 201 Å². The monoisotopic (exact) mass is 471 g/mol. The Morgan fingerprint density at radius 1 is 1.00 bits per heavy atom. The molecular formula is C27H22ClN3O3. The van der Waals surface area contributed by atoms with Gasteiger partial charge in [0, 0.05) is 28.0 Å². The second-order valence-electron chi connectivity index (χ2n) is 8.11. The standard InChI is InChI=1S/C27H22ClN3O3/c28-21-8-5-18(6-9-21)16-31-23(11-12-26(32)33)13-20-14-24(15-29-27(20)31)34-17-22-10-7-19-3-1-2-4-25(19)30-22/h1-10,13-15H,11-12,16-17H2,(H,32,33). The van der Waals surface area contributed by atoms with Crippen LogP contribution < -0.4 is 4.74 Å². The zero-order valence-corrected chi connectivity index (χ0v) is 19.1. The normalized spacial score (nSPS) is 11.2. The van der Waals surface area contributed by atoms with Crippen molar-refractivity contribution in [3.05, 3.63) is 101 Å². The van der Waals surface area contributed by atoms with Gasteiger partial charge in [-0.2, -0.15) is 0 Å². The van der Waals surface area contributed by atoms with Crippen LogP contribution in [0.4, 0.5) is 0 Å². The second-order valence-corrected chi connectivity index (χ2v) is 8.55. The highest BCUT2D eigenvalue weighted by molar-refractivity contribution is 6.30. The van der Waals surface area contributed by atoms with Crippen LogP contribution in [0.5, 0.6) is 5.75 Å². The minimum atomic E-state index is -0.830. The summed E-state index contributed by atoms with van der Waals surface area (Å²) in [5.74, 6) is -0.195. The molecule has 170 valence electrons. The highest BCUT2D eigenvalue weighted by Crippen LogP contribution is 2.25. The van der Waals surface area contributed by atoms with Gasteiger partial charge in [0.25, 0.3) is 0 Å². The fourth-order valence-electron chi connectivity index (χ4n) is 4.00. The number of ether oxygens (including phenoxy) is 1. The Kier molecular flexibility index (Phi) is 6.14. The molecule has 0 aliphatic heterocycles. The zero-order chi connectivity index (χ0) is 23.5. The molecule has 3 aromatic heterocycles. The van der Waals surface area contributed by atoms with Gasteiger partial charge >= 0.3 is 5.97 Å². The Balaban J connectivity index is 1.40. The number of halogens is 1. The lowest BCUT2D eigenvalue weighted by Crippen LogP contribution is -2.07. The number of pyridine rings is 2. The van der Waals surface area contributed by atoms with E-state index < -0.39 is 5.97 Å². The van der Waals surface area contributed by atoms with E-state index in [1.54, 1.807) is 6.20 Å². The molecule has 0 spiro atoms. The first-order valence-electron chi connectivity index (χ1n) is 11.0. The van der Waals surface area contributed by atoms with Crippen LogP contribution >= 0.6 is 11.6 Å². The van der Waals surface area contributed by atoms with Crippen LogP contribution in [0.3, 0.4) is 0 Å². The molecule has 0 atom stereocenters. The van der Waals surface area contributed by atoms with Crippen LogP contribution in [0.15, 0.2) is 79.0 Å². The predicted octanol–water partition coefficient (Wildman–Crippen LogP) is 5.88. The summed E-state index contributed by atoms with van der Waals surface area (Å²) in [5, 5.41) is 11.8. The lowest BCUT2D eigenvalue weighted by Gasteiger charge is -2.11. The number of hydrogen-bond acceptors (Lipinski definition) is 4. The van der Waals surface area contributed by atoms with Gasteiger partial charge in [-0.1, -0.05) is 48.0 Å². The van der Waals surface area contributed by atoms with Crippen LogP contribution in [0.1, 0.15) is 23.4 Å². The van der Waals surface area contributed by atoms with Gasteiger partial charge in [0.05, 0.1) is 23.8 Å². The molecule has 0 unspecified atom stereocenters. The maximum Gasteiger partial charge on any atom is 0.303 e. The SMILES string of the molecule is O=C(O)CCc1cc2cc(OCc3ccc4ccccc4n3)cnc2n1Cc1ccc(Cl)cc1. The van der Waals surface area contributed by atoms with Gasteiger partial charge in [0.15, 0.2) is 0 Å². The summed E-state index contributed by atoms with van der Waals surface area (Å²) in [5.41, 5.74) is 4.52. The highest BCUT2D eigenvalue weighted by Gasteiger charge is 2.13. The third kappa shape index (κ3) is 4.87. The number of rotatable bonds is 8. The van der Waals surface area contributed by atoms with E-state index in [0.717, 1.165) is 38.9 Å². The first kappa shape index (κ1) is 21.9. The quantitative estimate of drug-likeness (QED) is 0.305. The third-order valence-electron chi connectivity index (χ3n) is 5.69. The first-order chi connectivity index (χ1) is 16.5. The number of aromatic nitrogens is 3. The molecule has 0 radical (unpaired) electrons. The van der Waals surface area contributed by atoms with Crippen molar-refractivity contribution in [1.29, 1.82) is 0 Å². The summed E-state index contributed by atoms with van der Waals surface area (Å²) < 4.78 is 8.04. The van der Waals surface area contributed by atoms with Crippen molar-refractivity contribution in [3.63, 3.8) is 0 Å². The minimum Gasteiger partial charge on any atom is -0.486 e. The summed E-state index contributed by atoms with van der Waals surface area (Å²) in [6.07, 6.45) is 2.16. The first-order valence-corrected chi connectivity index (χ1v) is 11.3. The molecule has 2 aromatic carbocycles. The topological polar surface area (TPSA) is 77.2 Å². The zero-order valence-electron chi connectivity index (χ0n) is 18.3. The number of nitrogens with zero attached hydrogens (tertiary/aromatic N) is 3. The number of carbonyl (C=O) groups is 1. The summed E-state index contributed by atoms with van der Waals surface area (Å²) in [6.45, 7) is 0.902. The predicted molar refractivity (Wildman–Crippen MR) is 132 cm³/mol. The molecule has 0 saturated heterocycles. The van der Waals surface area contributed by atoms with E-state index in [1.165, 1.54) is 0 Å². The number of aryl methyl sites for hydroxylation is 1. The van der Waals surface area contributed by atoms with Gasteiger partial charge in [-0.25, -0.2) is 9.97 Å². The van der Waals surface area contributed by atoms with Crippen molar-refractivity contribution in [2.24, 2.45) is 0 Å². The molecule has 5 aromatic rings. The van der Waals surface area contributed by atoms with Crippen LogP contribution in [0, 0.1) is 0 Å². The van der Waals surface area contributed by atoms with Gasteiger partial charge in [0.2, 0.25) is 0 Å². The molecule has 0 bridgehead atoms. The van der Waals surface area contributed by atoms with E-state index >= 15 is 0 Å². The number of aliphatic carboxylic acids is 1. The number of carboxylic acid groups (broad SMARTS) is 1. The molecule has 1 N–H and O–H groups in total. The van der Waals surface area contributed by atoms with E-state index in [-0.39, 0.29) is 6.42 Å². The molecule has 0 aliphatic carbocycles. The van der Waals surface area contributed by atoms with E-state index in [0.29, 0.717) is 30.3 Å². The van der Waals surface area contributed by atoms with Crippen molar-refractivity contribution in [1.82, 2.24) is 14.5 Å². The van der Waals surface area contributed by atoms with E-state index in [4.69, 9.17) is 16.3 Å². The number of para-hydroxylation sites is 1. The number of carboxylic acids is 1. The van der Waals surface area contributed by atoms with E-state index in [1.807, 2.05) is 72.8 Å². The number of fused-ring (bicyclic) bond motifs is 2. The lowest BCUT2D eigenvalue weighted by molar-refractivity contribution is -0.136. The van der Waals surface area contributed by atoms with E-state index in [9.17, 15) is 9.90 Å². The highest BCUT2D eigenvalue weighted by atomic mass is 35.5. The minimum absolute atomic E-state index is 0.0495. The van der Waals surface area contributed by atoms with Crippen LogP contribution in [-0.2, 0) is 24.4 Å². The third-order valence-corrected chi connectivity index (χ3v) is 5.94. The number of hydrogen-bond donors (Lipinski definition) is 1. The average molecular weight is 472 g/mol. The molecule has 6 nitrogen and oxygen atoms in total. The lowest BCUT2D eigenvalue weighted by atomic mass is 10.2. The van der Waals surface area contributed by atoms with Gasteiger partial charge in [-0.3, -0.25) is 4.79 Å². The summed E-state index contributed by atoms with van der Waals surface area (Å²) >= 11 is 6.02. The Bertz CT molecular complexity index is 1480. The Morgan fingerprint density at radius 2 is 1.82 bits per heavy atom. The average Bonchev–Trinajstić information content (AvgIpc) is 3.19. The van der Waals surface area contributed by atoms with E-state index in [2.05, 4.69) is 14.5 Å². The smallest absolute Gasteiger partial charge is 0.303 e. The number of benzene rings is 2. The molecule has 0 saturated carbocycles. The van der Waals surface area contributed by atoms with Gasteiger partial charge in [-0.15, -0.1) is 0 Å². The summed E-state index contributed by atoms with van der Waals surface area (Å²) in [6, 6.07) is 23.5. The molecule has 5 rings (SSSR count). The largest absolute Gasteiger partial charge is 0.486 e. The molecule has 7 heteroatoms. The van der Waals surface area contributed by atoms with Crippen LogP contribution in [-0.4, -0.2) is 25.6 Å². The van der Waals surface area contributed by atoms with Gasteiger partial charge in [0.1, 0.15) is 18.0 Å². The van der Waals surface area contributed by atoms with Gasteiger partial charge in [-0.05, 0) is 48.4 Å². The maximum atomic E-state index is 11.2. The maximum absolute atomic E-state index is 11.2. The summed E-state index contributed by atoms with van der Waals surface area (Å²) in [7, 11) is 0. The molecule has 34 heavy (non-hydrogen) atoms. The van der Waals surface area contributed by atoms with Crippen molar-refractivity contribution in [2.45, 2.75) is 26.0 Å². The van der Waals surface area contributed by atoms with Crippen LogP contribution in [0.2, 0.25) is 5.02 Å². The molecule has 0 amide bonds. The van der Waals surface area contributed by atoms with Crippen molar-refractivity contribution < 1.29 is 14.6 Å². The fraction of sp³-hybridized carbons (Fsp3) is 0.148. The molecule has 3 heterocycles. The van der Waals surface area contributed by atoms with Crippen LogP contribution in [0.25, 0.3) is 21.9 Å². The van der Waals surface area contributed by atoms with Gasteiger partial charge < -0.3 is 14.4 Å². The molecular weight excluding hydrogens is 450 g/mol. The van der Waals surface area contributed by atoms with Crippen molar-refractivity contribution in [2.75, 3.05) is 0 Å². The Morgan fingerprint density at radius 3 is 2.65 bits per heavy atom. The van der Waals surface area contributed by atoms with Crippen molar-refractivity contribution in [3.8, 4) is 5.75 Å². The second kappa shape index (κ2) is 9.53. The molecule has 0 aliphatic rings. The summed E-state index contributed by atoms with van der Waals surface area (Å²) in [4.78, 5) is 20.5. The van der Waals surface area contributed by atoms with Crippen molar-refractivity contribution >= 4 is 39.5 Å². The fourth-order valence-corrected chi connectivity index (χ4v) is 4.12. The Hall–Kier alpha value is -3.90.